The second-order valence-corrected chi connectivity index (χ2v) is 7.88. The fraction of sp³-hybridized carbons (Fsp3) is 0.217. The number of aromatic nitrogens is 4. The third-order valence-electron chi connectivity index (χ3n) is 4.86. The van der Waals surface area contributed by atoms with E-state index >= 15 is 0 Å². The maximum atomic E-state index is 12.7. The highest BCUT2D eigenvalue weighted by Gasteiger charge is 2.09. The second kappa shape index (κ2) is 9.09. The minimum Gasteiger partial charge on any atom is -0.487 e. The summed E-state index contributed by atoms with van der Waals surface area (Å²) >= 11 is 1.17. The van der Waals surface area contributed by atoms with Crippen molar-refractivity contribution in [3.05, 3.63) is 88.5 Å². The normalized spacial score (nSPS) is 10.8. The zero-order chi connectivity index (χ0) is 21.8. The average Bonchev–Trinajstić information content (AvgIpc) is 3.30. The van der Waals surface area contributed by atoms with Gasteiger partial charge in [-0.25, -0.2) is 0 Å². The molecule has 4 rings (SSSR count). The fourth-order valence-electron chi connectivity index (χ4n) is 3.19. The molecule has 1 amide bonds. The van der Waals surface area contributed by atoms with Crippen LogP contribution >= 0.6 is 11.7 Å². The van der Waals surface area contributed by atoms with Crippen LogP contribution in [0.15, 0.2) is 54.6 Å². The summed E-state index contributed by atoms with van der Waals surface area (Å²) < 4.78 is 16.0. The first-order valence-corrected chi connectivity index (χ1v) is 10.6. The lowest BCUT2D eigenvalue weighted by Gasteiger charge is -2.10. The number of aryl methyl sites for hydroxylation is 3. The lowest BCUT2D eigenvalue weighted by molar-refractivity contribution is 0.102. The molecule has 8 heteroatoms. The molecule has 0 aliphatic heterocycles. The Morgan fingerprint density at radius 3 is 2.55 bits per heavy atom. The van der Waals surface area contributed by atoms with Crippen molar-refractivity contribution in [1.82, 2.24) is 18.5 Å². The molecular formula is C23H23N5O2S. The molecule has 0 atom stereocenters. The summed E-state index contributed by atoms with van der Waals surface area (Å²) in [6, 6.07) is 16.9. The van der Waals surface area contributed by atoms with Gasteiger partial charge in [0, 0.05) is 16.9 Å². The first kappa shape index (κ1) is 20.7. The van der Waals surface area contributed by atoms with E-state index in [-0.39, 0.29) is 5.91 Å². The monoisotopic (exact) mass is 433 g/mol. The number of hydrogen-bond donors (Lipinski definition) is 1. The maximum Gasteiger partial charge on any atom is 0.255 e. The van der Waals surface area contributed by atoms with Crippen LogP contribution in [0.2, 0.25) is 0 Å². The second-order valence-electron chi connectivity index (χ2n) is 7.35. The Labute approximate surface area is 185 Å². The van der Waals surface area contributed by atoms with E-state index in [2.05, 4.69) is 19.2 Å². The summed E-state index contributed by atoms with van der Waals surface area (Å²) in [5.41, 5.74) is 6.18. The van der Waals surface area contributed by atoms with Crippen LogP contribution in [0.25, 0.3) is 0 Å². The number of hydrogen-bond acceptors (Lipinski definition) is 6. The van der Waals surface area contributed by atoms with Crippen molar-refractivity contribution >= 4 is 23.3 Å². The number of anilines is 1. The van der Waals surface area contributed by atoms with E-state index in [0.29, 0.717) is 24.5 Å². The van der Waals surface area contributed by atoms with E-state index in [0.717, 1.165) is 34.0 Å². The molecule has 2 aromatic heterocycles. The largest absolute Gasteiger partial charge is 0.487 e. The van der Waals surface area contributed by atoms with Crippen molar-refractivity contribution in [2.75, 3.05) is 5.32 Å². The minimum atomic E-state index is -0.172. The summed E-state index contributed by atoms with van der Waals surface area (Å²) in [6.45, 7) is 6.93. The van der Waals surface area contributed by atoms with Crippen LogP contribution in [0.3, 0.4) is 0 Å². The van der Waals surface area contributed by atoms with Gasteiger partial charge in [0.1, 0.15) is 18.1 Å². The zero-order valence-electron chi connectivity index (χ0n) is 17.6. The predicted molar refractivity (Wildman–Crippen MR) is 121 cm³/mol. The molecule has 0 spiro atoms. The van der Waals surface area contributed by atoms with Crippen molar-refractivity contribution < 1.29 is 9.53 Å². The summed E-state index contributed by atoms with van der Waals surface area (Å²) in [5, 5.41) is 7.46. The molecule has 0 unspecified atom stereocenters. The van der Waals surface area contributed by atoms with Gasteiger partial charge in [-0.1, -0.05) is 12.1 Å². The van der Waals surface area contributed by atoms with Gasteiger partial charge < -0.3 is 10.1 Å². The highest BCUT2D eigenvalue weighted by molar-refractivity contribution is 6.99. The molecule has 0 aliphatic rings. The fourth-order valence-corrected chi connectivity index (χ4v) is 3.75. The van der Waals surface area contributed by atoms with Gasteiger partial charge in [0.2, 0.25) is 0 Å². The van der Waals surface area contributed by atoms with Gasteiger partial charge in [0.25, 0.3) is 5.91 Å². The smallest absolute Gasteiger partial charge is 0.255 e. The van der Waals surface area contributed by atoms with E-state index < -0.39 is 0 Å². The number of carbonyl (C=O) groups is 1. The van der Waals surface area contributed by atoms with E-state index in [1.807, 2.05) is 55.8 Å². The molecule has 4 aromatic rings. The van der Waals surface area contributed by atoms with Gasteiger partial charge in [0.05, 0.1) is 29.7 Å². The van der Waals surface area contributed by atoms with Gasteiger partial charge in [-0.05, 0) is 68.8 Å². The Bertz CT molecular complexity index is 1200. The van der Waals surface area contributed by atoms with E-state index in [1.165, 1.54) is 11.7 Å². The number of nitrogens with zero attached hydrogens (tertiary/aromatic N) is 4. The molecule has 31 heavy (non-hydrogen) atoms. The zero-order valence-corrected chi connectivity index (χ0v) is 18.4. The molecule has 0 aliphatic carbocycles. The van der Waals surface area contributed by atoms with Crippen molar-refractivity contribution in [2.45, 2.75) is 33.9 Å². The molecule has 0 fully saturated rings. The summed E-state index contributed by atoms with van der Waals surface area (Å²) in [7, 11) is 0. The number of nitrogens with one attached hydrogen (secondary N) is 1. The quantitative estimate of drug-likeness (QED) is 0.463. The summed E-state index contributed by atoms with van der Waals surface area (Å²) in [6.07, 6.45) is 0. The highest BCUT2D eigenvalue weighted by atomic mass is 32.1. The summed E-state index contributed by atoms with van der Waals surface area (Å²) in [5.74, 6) is 0.505. The lowest BCUT2D eigenvalue weighted by atomic mass is 10.1. The molecule has 0 bridgehead atoms. The molecule has 7 nitrogen and oxygen atoms in total. The maximum absolute atomic E-state index is 12.7. The van der Waals surface area contributed by atoms with Gasteiger partial charge in [-0.2, -0.15) is 13.8 Å². The number of rotatable bonds is 7. The molecule has 0 saturated heterocycles. The van der Waals surface area contributed by atoms with Crippen LogP contribution in [0, 0.1) is 20.8 Å². The van der Waals surface area contributed by atoms with Gasteiger partial charge >= 0.3 is 0 Å². The Balaban J connectivity index is 1.37. The first-order valence-electron chi connectivity index (χ1n) is 9.90. The van der Waals surface area contributed by atoms with E-state index in [9.17, 15) is 4.79 Å². The Morgan fingerprint density at radius 2 is 1.87 bits per heavy atom. The van der Waals surface area contributed by atoms with Gasteiger partial charge in [-0.15, -0.1) is 0 Å². The number of benzene rings is 2. The number of ether oxygens (including phenoxy) is 1. The standard InChI is InChI=1S/C23H23N5O2S/c1-15-11-16(2)28(25-15)13-18-5-4-6-20(12-18)24-23(29)19-7-9-21(10-8-19)30-14-22-17(3)26-31-27-22/h4-12H,13-14H2,1-3H3,(H,24,29). The highest BCUT2D eigenvalue weighted by Crippen LogP contribution is 2.18. The van der Waals surface area contributed by atoms with E-state index in [1.54, 1.807) is 24.3 Å². The minimum absolute atomic E-state index is 0.172. The van der Waals surface area contributed by atoms with Crippen LogP contribution in [-0.2, 0) is 13.2 Å². The first-order chi connectivity index (χ1) is 15.0. The molecule has 0 radical (unpaired) electrons. The number of carbonyl (C=O) groups excluding carboxylic acids is 1. The van der Waals surface area contributed by atoms with Crippen LogP contribution in [-0.4, -0.2) is 24.4 Å². The van der Waals surface area contributed by atoms with Crippen LogP contribution in [0.1, 0.15) is 38.7 Å². The lowest BCUT2D eigenvalue weighted by Crippen LogP contribution is -2.12. The molecule has 2 aromatic carbocycles. The molecule has 2 heterocycles. The molecule has 0 saturated carbocycles. The van der Waals surface area contributed by atoms with Crippen molar-refractivity contribution in [2.24, 2.45) is 0 Å². The summed E-state index contributed by atoms with van der Waals surface area (Å²) in [4.78, 5) is 12.7. The average molecular weight is 434 g/mol. The van der Waals surface area contributed by atoms with Crippen molar-refractivity contribution in [3.63, 3.8) is 0 Å². The predicted octanol–water partition coefficient (Wildman–Crippen LogP) is 4.54. The Kier molecular flexibility index (Phi) is 6.08. The molecule has 1 N–H and O–H groups in total. The third kappa shape index (κ3) is 5.16. The number of amides is 1. The van der Waals surface area contributed by atoms with Crippen LogP contribution < -0.4 is 10.1 Å². The van der Waals surface area contributed by atoms with Crippen molar-refractivity contribution in [1.29, 1.82) is 0 Å². The topological polar surface area (TPSA) is 81.9 Å². The van der Waals surface area contributed by atoms with Crippen LogP contribution in [0.4, 0.5) is 5.69 Å². The Hall–Kier alpha value is -3.52. The van der Waals surface area contributed by atoms with E-state index in [4.69, 9.17) is 4.74 Å². The molecule has 158 valence electrons. The van der Waals surface area contributed by atoms with Crippen molar-refractivity contribution in [3.8, 4) is 5.75 Å². The SMILES string of the molecule is Cc1cc(C)n(Cc2cccc(NC(=O)c3ccc(OCc4nsnc4C)cc3)c2)n1. The van der Waals surface area contributed by atoms with Gasteiger partial charge in [0.15, 0.2) is 0 Å². The third-order valence-corrected chi connectivity index (χ3v) is 5.52. The molecular weight excluding hydrogens is 410 g/mol. The Morgan fingerprint density at radius 1 is 1.06 bits per heavy atom. The van der Waals surface area contributed by atoms with Gasteiger partial charge in [-0.3, -0.25) is 9.48 Å². The van der Waals surface area contributed by atoms with Crippen LogP contribution in [0.5, 0.6) is 5.75 Å².